The van der Waals surface area contributed by atoms with Crippen LogP contribution < -0.4 is 9.47 Å². The van der Waals surface area contributed by atoms with E-state index in [-0.39, 0.29) is 35.6 Å². The van der Waals surface area contributed by atoms with Crippen LogP contribution in [0.15, 0.2) is 41.0 Å². The Morgan fingerprint density at radius 3 is 2.74 bits per heavy atom. The molecule has 0 N–H and O–H groups in total. The normalized spacial score (nSPS) is 14.3. The SMILES string of the molecule is CCOC(=O)COc1c(Cl)cc(C=C2N=C(c3ccc(C)c(I)c3)OC2=O)cc1OC. The van der Waals surface area contributed by atoms with Crippen molar-refractivity contribution in [2.24, 2.45) is 4.99 Å². The fraction of sp³-hybridized carbons (Fsp3) is 0.227. The number of nitrogens with zero attached hydrogens (tertiary/aromatic N) is 1. The van der Waals surface area contributed by atoms with E-state index >= 15 is 0 Å². The molecule has 0 spiro atoms. The predicted molar refractivity (Wildman–Crippen MR) is 125 cm³/mol. The maximum absolute atomic E-state index is 12.3. The summed E-state index contributed by atoms with van der Waals surface area (Å²) in [6.45, 7) is 3.64. The van der Waals surface area contributed by atoms with Crippen LogP contribution in [0.25, 0.3) is 6.08 Å². The Labute approximate surface area is 198 Å². The molecule has 2 aromatic carbocycles. The predicted octanol–water partition coefficient (Wildman–Crippen LogP) is 4.55. The van der Waals surface area contributed by atoms with Crippen LogP contribution in [-0.2, 0) is 19.1 Å². The highest BCUT2D eigenvalue weighted by Gasteiger charge is 2.25. The van der Waals surface area contributed by atoms with Crippen molar-refractivity contribution < 1.29 is 28.5 Å². The first-order valence-electron chi connectivity index (χ1n) is 9.27. The minimum atomic E-state index is -0.566. The average Bonchev–Trinajstić information content (AvgIpc) is 3.09. The number of hydrogen-bond donors (Lipinski definition) is 0. The van der Waals surface area contributed by atoms with Crippen molar-refractivity contribution >= 4 is 58.1 Å². The smallest absolute Gasteiger partial charge is 0.363 e. The van der Waals surface area contributed by atoms with Gasteiger partial charge in [0.1, 0.15) is 0 Å². The highest BCUT2D eigenvalue weighted by atomic mass is 127. The summed E-state index contributed by atoms with van der Waals surface area (Å²) < 4.78 is 22.0. The van der Waals surface area contributed by atoms with Gasteiger partial charge in [-0.05, 0) is 77.9 Å². The van der Waals surface area contributed by atoms with E-state index in [9.17, 15) is 9.59 Å². The van der Waals surface area contributed by atoms with Gasteiger partial charge < -0.3 is 18.9 Å². The summed E-state index contributed by atoms with van der Waals surface area (Å²) >= 11 is 8.53. The Morgan fingerprint density at radius 2 is 2.06 bits per heavy atom. The van der Waals surface area contributed by atoms with Crippen molar-refractivity contribution in [3.8, 4) is 11.5 Å². The molecule has 1 heterocycles. The molecule has 0 unspecified atom stereocenters. The first-order valence-corrected chi connectivity index (χ1v) is 10.7. The van der Waals surface area contributed by atoms with E-state index in [1.54, 1.807) is 19.1 Å². The van der Waals surface area contributed by atoms with E-state index < -0.39 is 11.9 Å². The lowest BCUT2D eigenvalue weighted by Crippen LogP contribution is -2.15. The Hall–Kier alpha value is -2.59. The molecule has 31 heavy (non-hydrogen) atoms. The van der Waals surface area contributed by atoms with Crippen molar-refractivity contribution in [2.75, 3.05) is 20.3 Å². The molecule has 0 aliphatic carbocycles. The first-order chi connectivity index (χ1) is 14.8. The third kappa shape index (κ3) is 5.56. The molecule has 0 radical (unpaired) electrons. The van der Waals surface area contributed by atoms with Gasteiger partial charge >= 0.3 is 11.9 Å². The number of hydrogen-bond acceptors (Lipinski definition) is 7. The summed E-state index contributed by atoms with van der Waals surface area (Å²) in [6, 6.07) is 8.89. The van der Waals surface area contributed by atoms with Crippen molar-refractivity contribution in [2.45, 2.75) is 13.8 Å². The van der Waals surface area contributed by atoms with Crippen LogP contribution in [0.5, 0.6) is 11.5 Å². The van der Waals surface area contributed by atoms with Crippen LogP contribution in [0, 0.1) is 10.5 Å². The number of benzene rings is 2. The zero-order valence-corrected chi connectivity index (χ0v) is 19.9. The van der Waals surface area contributed by atoms with Crippen molar-refractivity contribution in [3.05, 3.63) is 61.3 Å². The summed E-state index contributed by atoms with van der Waals surface area (Å²) in [6.07, 6.45) is 1.54. The standard InChI is InChI=1S/C22H19ClINO6/c1-4-29-19(26)11-30-20-15(23)7-13(9-18(20)28-3)8-17-22(27)31-21(25-17)14-6-5-12(2)16(24)10-14/h5-10H,4,11H2,1-3H3. The van der Waals surface area contributed by atoms with E-state index in [0.717, 1.165) is 9.13 Å². The Kier molecular flexibility index (Phi) is 7.55. The molecule has 162 valence electrons. The molecule has 1 aliphatic heterocycles. The zero-order chi connectivity index (χ0) is 22.5. The van der Waals surface area contributed by atoms with E-state index in [4.69, 9.17) is 30.5 Å². The van der Waals surface area contributed by atoms with Gasteiger partial charge in [0.15, 0.2) is 23.8 Å². The monoisotopic (exact) mass is 555 g/mol. The van der Waals surface area contributed by atoms with Gasteiger partial charge in [0.2, 0.25) is 5.90 Å². The molecule has 0 saturated heterocycles. The largest absolute Gasteiger partial charge is 0.493 e. The third-order valence-corrected chi connectivity index (χ3v) is 5.68. The van der Waals surface area contributed by atoms with E-state index in [2.05, 4.69) is 27.6 Å². The Morgan fingerprint density at radius 1 is 1.29 bits per heavy atom. The first kappa shape index (κ1) is 23.1. The number of methoxy groups -OCH3 is 1. The van der Waals surface area contributed by atoms with Crippen LogP contribution in [-0.4, -0.2) is 38.2 Å². The maximum atomic E-state index is 12.3. The lowest BCUT2D eigenvalue weighted by Gasteiger charge is -2.12. The van der Waals surface area contributed by atoms with Crippen LogP contribution >= 0.6 is 34.2 Å². The van der Waals surface area contributed by atoms with E-state index in [1.165, 1.54) is 13.2 Å². The molecule has 2 aromatic rings. The molecule has 9 heteroatoms. The second kappa shape index (κ2) is 10.1. The van der Waals surface area contributed by atoms with Crippen molar-refractivity contribution in [3.63, 3.8) is 0 Å². The molecule has 3 rings (SSSR count). The number of esters is 2. The number of carbonyl (C=O) groups is 2. The fourth-order valence-corrected chi connectivity index (χ4v) is 3.50. The zero-order valence-electron chi connectivity index (χ0n) is 17.0. The summed E-state index contributed by atoms with van der Waals surface area (Å²) in [7, 11) is 1.44. The van der Waals surface area contributed by atoms with Gasteiger partial charge in [-0.25, -0.2) is 14.6 Å². The average molecular weight is 556 g/mol. The lowest BCUT2D eigenvalue weighted by molar-refractivity contribution is -0.145. The van der Waals surface area contributed by atoms with Gasteiger partial charge in [-0.2, -0.15) is 0 Å². The maximum Gasteiger partial charge on any atom is 0.363 e. The molecule has 0 bridgehead atoms. The number of cyclic esters (lactones) is 1. The van der Waals surface area contributed by atoms with Crippen LogP contribution in [0.1, 0.15) is 23.6 Å². The van der Waals surface area contributed by atoms with Gasteiger partial charge in [-0.15, -0.1) is 0 Å². The van der Waals surface area contributed by atoms with Gasteiger partial charge in [0, 0.05) is 9.13 Å². The van der Waals surface area contributed by atoms with Crippen molar-refractivity contribution in [1.82, 2.24) is 0 Å². The van der Waals surface area contributed by atoms with Crippen LogP contribution in [0.3, 0.4) is 0 Å². The molecule has 7 nitrogen and oxygen atoms in total. The van der Waals surface area contributed by atoms with Crippen LogP contribution in [0.4, 0.5) is 0 Å². The molecule has 0 fully saturated rings. The third-order valence-electron chi connectivity index (χ3n) is 4.23. The molecule has 1 aliphatic rings. The minimum Gasteiger partial charge on any atom is -0.493 e. The highest BCUT2D eigenvalue weighted by Crippen LogP contribution is 2.37. The molecule has 0 amide bonds. The number of aryl methyl sites for hydroxylation is 1. The number of carbonyl (C=O) groups excluding carboxylic acids is 2. The van der Waals surface area contributed by atoms with Gasteiger partial charge in [-0.3, -0.25) is 0 Å². The Balaban J connectivity index is 1.87. The molecular formula is C22H19ClINO6. The van der Waals surface area contributed by atoms with Crippen LogP contribution in [0.2, 0.25) is 5.02 Å². The second-order valence-corrected chi connectivity index (χ2v) is 8.00. The van der Waals surface area contributed by atoms with E-state index in [1.807, 2.05) is 25.1 Å². The second-order valence-electron chi connectivity index (χ2n) is 6.43. The summed E-state index contributed by atoms with van der Waals surface area (Å²) in [5, 5.41) is 0.208. The molecular weight excluding hydrogens is 537 g/mol. The van der Waals surface area contributed by atoms with Gasteiger partial charge in [-0.1, -0.05) is 17.7 Å². The molecule has 0 aromatic heterocycles. The summed E-state index contributed by atoms with van der Waals surface area (Å²) in [5.41, 5.74) is 2.52. The Bertz CT molecular complexity index is 1100. The topological polar surface area (TPSA) is 83.4 Å². The number of halogens is 2. The number of aliphatic imine (C=N–C) groups is 1. The van der Waals surface area contributed by atoms with Gasteiger partial charge in [0.25, 0.3) is 0 Å². The van der Waals surface area contributed by atoms with Gasteiger partial charge in [0.05, 0.1) is 18.7 Å². The summed E-state index contributed by atoms with van der Waals surface area (Å²) in [5.74, 6) is -0.350. The van der Waals surface area contributed by atoms with E-state index in [0.29, 0.717) is 16.9 Å². The fourth-order valence-electron chi connectivity index (χ4n) is 2.71. The highest BCUT2D eigenvalue weighted by molar-refractivity contribution is 14.1. The van der Waals surface area contributed by atoms with Crippen molar-refractivity contribution in [1.29, 1.82) is 0 Å². The minimum absolute atomic E-state index is 0.129. The number of ether oxygens (including phenoxy) is 4. The summed E-state index contributed by atoms with van der Waals surface area (Å²) in [4.78, 5) is 28.2. The molecule has 0 atom stereocenters. The number of rotatable bonds is 7. The quantitative estimate of drug-likeness (QED) is 0.283. The molecule has 0 saturated carbocycles. The lowest BCUT2D eigenvalue weighted by atomic mass is 10.1.